The van der Waals surface area contributed by atoms with Crippen LogP contribution in [0, 0.1) is 6.92 Å². The molecular formula is C12H18ClN3O3S. The number of hydrogen-bond donors (Lipinski definition) is 1. The Labute approximate surface area is 124 Å². The van der Waals surface area contributed by atoms with Crippen molar-refractivity contribution in [3.05, 3.63) is 23.0 Å². The Kier molecular flexibility index (Phi) is 4.53. The minimum atomic E-state index is -3.61. The Bertz CT molecular complexity index is 584. The van der Waals surface area contributed by atoms with Gasteiger partial charge in [0.05, 0.1) is 24.1 Å². The molecule has 20 heavy (non-hydrogen) atoms. The molecule has 0 bridgehead atoms. The Hall–Kier alpha value is -0.890. The summed E-state index contributed by atoms with van der Waals surface area (Å²) < 4.78 is 34.1. The van der Waals surface area contributed by atoms with Crippen molar-refractivity contribution in [2.24, 2.45) is 0 Å². The first kappa shape index (κ1) is 15.5. The van der Waals surface area contributed by atoms with E-state index in [1.807, 2.05) is 13.8 Å². The molecule has 2 atom stereocenters. The number of halogens is 1. The number of pyridine rings is 1. The third-order valence-corrected chi connectivity index (χ3v) is 4.85. The van der Waals surface area contributed by atoms with E-state index in [1.54, 1.807) is 13.0 Å². The minimum absolute atomic E-state index is 0.125. The fourth-order valence-electron chi connectivity index (χ4n) is 2.15. The van der Waals surface area contributed by atoms with Crippen molar-refractivity contribution >= 4 is 27.5 Å². The second-order valence-corrected chi connectivity index (χ2v) is 7.04. The molecule has 1 fully saturated rings. The zero-order valence-electron chi connectivity index (χ0n) is 11.6. The molecule has 2 unspecified atom stereocenters. The van der Waals surface area contributed by atoms with E-state index in [4.69, 9.17) is 16.3 Å². The quantitative estimate of drug-likeness (QED) is 0.862. The largest absolute Gasteiger partial charge is 0.373 e. The lowest BCUT2D eigenvalue weighted by atomic mass is 10.3. The lowest BCUT2D eigenvalue weighted by molar-refractivity contribution is -0.0439. The highest BCUT2D eigenvalue weighted by atomic mass is 35.5. The molecule has 1 aromatic rings. The van der Waals surface area contributed by atoms with Crippen LogP contribution in [0.15, 0.2) is 12.3 Å². The monoisotopic (exact) mass is 319 g/mol. The molecule has 2 heterocycles. The number of anilines is 1. The Morgan fingerprint density at radius 3 is 2.55 bits per heavy atom. The molecule has 6 nitrogen and oxygen atoms in total. The molecule has 0 spiro atoms. The fourth-order valence-corrected chi connectivity index (χ4v) is 3.61. The van der Waals surface area contributed by atoms with Gasteiger partial charge in [-0.1, -0.05) is 11.6 Å². The second-order valence-electron chi connectivity index (χ2n) is 5.01. The van der Waals surface area contributed by atoms with E-state index in [0.29, 0.717) is 23.9 Å². The summed E-state index contributed by atoms with van der Waals surface area (Å²) in [7, 11) is -3.61. The van der Waals surface area contributed by atoms with Crippen LogP contribution in [0.5, 0.6) is 0 Å². The standard InChI is InChI=1S/C12H18ClN3O3S/c1-8-4-11(5-14-12(8)13)15-20(17,18)16-6-9(2)19-10(3)7-16/h4-5,9-10,15H,6-7H2,1-3H3. The second kappa shape index (κ2) is 5.85. The summed E-state index contributed by atoms with van der Waals surface area (Å²) in [6.45, 7) is 6.14. The van der Waals surface area contributed by atoms with E-state index in [2.05, 4.69) is 9.71 Å². The lowest BCUT2D eigenvalue weighted by Crippen LogP contribution is -2.49. The molecule has 1 aliphatic rings. The van der Waals surface area contributed by atoms with Gasteiger partial charge in [-0.05, 0) is 32.4 Å². The highest BCUT2D eigenvalue weighted by Gasteiger charge is 2.31. The number of nitrogens with one attached hydrogen (secondary N) is 1. The van der Waals surface area contributed by atoms with Gasteiger partial charge < -0.3 is 4.74 Å². The topological polar surface area (TPSA) is 71.5 Å². The smallest absolute Gasteiger partial charge is 0.301 e. The van der Waals surface area contributed by atoms with Gasteiger partial charge in [-0.3, -0.25) is 4.72 Å². The molecule has 8 heteroatoms. The molecule has 112 valence electrons. The molecule has 1 aromatic heterocycles. The van der Waals surface area contributed by atoms with Crippen molar-refractivity contribution < 1.29 is 13.2 Å². The van der Waals surface area contributed by atoms with Crippen molar-refractivity contribution in [1.29, 1.82) is 0 Å². The predicted molar refractivity (Wildman–Crippen MR) is 78.1 cm³/mol. The normalized spacial score (nSPS) is 24.6. The molecule has 0 saturated carbocycles. The lowest BCUT2D eigenvalue weighted by Gasteiger charge is -2.34. The summed E-state index contributed by atoms with van der Waals surface area (Å²) in [6.07, 6.45) is 1.15. The Balaban J connectivity index is 2.16. The third kappa shape index (κ3) is 3.60. The molecule has 0 aliphatic carbocycles. The van der Waals surface area contributed by atoms with Gasteiger partial charge in [0, 0.05) is 13.1 Å². The van der Waals surface area contributed by atoms with E-state index in [0.717, 1.165) is 5.56 Å². The van der Waals surface area contributed by atoms with Gasteiger partial charge >= 0.3 is 10.2 Å². The number of nitrogens with zero attached hydrogens (tertiary/aromatic N) is 2. The summed E-state index contributed by atoms with van der Waals surface area (Å²) in [4.78, 5) is 3.93. The highest BCUT2D eigenvalue weighted by molar-refractivity contribution is 7.90. The zero-order valence-corrected chi connectivity index (χ0v) is 13.2. The van der Waals surface area contributed by atoms with E-state index in [9.17, 15) is 8.42 Å². The van der Waals surface area contributed by atoms with Gasteiger partial charge in [-0.15, -0.1) is 0 Å². The van der Waals surface area contributed by atoms with Crippen molar-refractivity contribution in [2.45, 2.75) is 33.0 Å². The molecule has 0 amide bonds. The Morgan fingerprint density at radius 2 is 2.00 bits per heavy atom. The van der Waals surface area contributed by atoms with Crippen molar-refractivity contribution in [3.8, 4) is 0 Å². The van der Waals surface area contributed by atoms with Crippen molar-refractivity contribution in [1.82, 2.24) is 9.29 Å². The zero-order chi connectivity index (χ0) is 14.9. The summed E-state index contributed by atoms with van der Waals surface area (Å²) >= 11 is 5.82. The van der Waals surface area contributed by atoms with Crippen LogP contribution in [0.25, 0.3) is 0 Å². The molecule has 2 rings (SSSR count). The number of ether oxygens (including phenoxy) is 1. The van der Waals surface area contributed by atoms with E-state index in [1.165, 1.54) is 10.5 Å². The van der Waals surface area contributed by atoms with Gasteiger partial charge in [0.25, 0.3) is 0 Å². The maximum absolute atomic E-state index is 12.3. The van der Waals surface area contributed by atoms with Crippen LogP contribution < -0.4 is 4.72 Å². The predicted octanol–water partition coefficient (Wildman–Crippen LogP) is 1.81. The molecule has 0 aromatic carbocycles. The van der Waals surface area contributed by atoms with Crippen LogP contribution in [0.2, 0.25) is 5.15 Å². The first-order chi connectivity index (χ1) is 9.28. The number of morpholine rings is 1. The first-order valence-corrected chi connectivity index (χ1v) is 8.15. The maximum atomic E-state index is 12.3. The maximum Gasteiger partial charge on any atom is 0.301 e. The van der Waals surface area contributed by atoms with Crippen LogP contribution in [-0.2, 0) is 14.9 Å². The molecular weight excluding hydrogens is 302 g/mol. The van der Waals surface area contributed by atoms with Gasteiger partial charge in [-0.2, -0.15) is 12.7 Å². The number of aromatic nitrogens is 1. The van der Waals surface area contributed by atoms with Gasteiger partial charge in [0.2, 0.25) is 0 Å². The summed E-state index contributed by atoms with van der Waals surface area (Å²) in [6, 6.07) is 1.65. The summed E-state index contributed by atoms with van der Waals surface area (Å²) in [5, 5.41) is 0.363. The SMILES string of the molecule is Cc1cc(NS(=O)(=O)N2CC(C)OC(C)C2)cnc1Cl. The average Bonchev–Trinajstić information content (AvgIpc) is 2.32. The minimum Gasteiger partial charge on any atom is -0.373 e. The van der Waals surface area contributed by atoms with Crippen molar-refractivity contribution in [3.63, 3.8) is 0 Å². The van der Waals surface area contributed by atoms with Crippen molar-refractivity contribution in [2.75, 3.05) is 17.8 Å². The third-order valence-electron chi connectivity index (χ3n) is 2.99. The fraction of sp³-hybridized carbons (Fsp3) is 0.583. The van der Waals surface area contributed by atoms with Crippen LogP contribution in [0.3, 0.4) is 0 Å². The summed E-state index contributed by atoms with van der Waals surface area (Å²) in [5.41, 5.74) is 1.12. The molecule has 0 radical (unpaired) electrons. The van der Waals surface area contributed by atoms with Gasteiger partial charge in [0.15, 0.2) is 0 Å². The molecule has 1 aliphatic heterocycles. The van der Waals surface area contributed by atoms with E-state index in [-0.39, 0.29) is 12.2 Å². The Morgan fingerprint density at radius 1 is 1.40 bits per heavy atom. The number of aryl methyl sites for hydroxylation is 1. The van der Waals surface area contributed by atoms with Crippen LogP contribution in [-0.4, -0.2) is 43.0 Å². The van der Waals surface area contributed by atoms with Crippen LogP contribution in [0.1, 0.15) is 19.4 Å². The van der Waals surface area contributed by atoms with E-state index >= 15 is 0 Å². The molecule has 1 saturated heterocycles. The van der Waals surface area contributed by atoms with Crippen LogP contribution in [0.4, 0.5) is 5.69 Å². The highest BCUT2D eigenvalue weighted by Crippen LogP contribution is 2.20. The van der Waals surface area contributed by atoms with Gasteiger partial charge in [-0.25, -0.2) is 4.98 Å². The summed E-state index contributed by atoms with van der Waals surface area (Å²) in [5.74, 6) is 0. The number of hydrogen-bond acceptors (Lipinski definition) is 4. The average molecular weight is 320 g/mol. The van der Waals surface area contributed by atoms with Gasteiger partial charge in [0.1, 0.15) is 5.15 Å². The van der Waals surface area contributed by atoms with Crippen LogP contribution >= 0.6 is 11.6 Å². The van der Waals surface area contributed by atoms with E-state index < -0.39 is 10.2 Å². The first-order valence-electron chi connectivity index (χ1n) is 6.33. The molecule has 1 N–H and O–H groups in total. The number of rotatable bonds is 3.